The highest BCUT2D eigenvalue weighted by Gasteiger charge is 2.73. The van der Waals surface area contributed by atoms with Crippen molar-refractivity contribution in [3.63, 3.8) is 0 Å². The molecule has 1 aromatic rings. The number of hydrogen-bond acceptors (Lipinski definition) is 7. The third-order valence-corrected chi connectivity index (χ3v) is 9.19. The number of hydrogen-bond donors (Lipinski definition) is 4. The van der Waals surface area contributed by atoms with E-state index in [1.165, 1.54) is 6.07 Å². The zero-order valence-electron chi connectivity index (χ0n) is 20.6. The minimum atomic E-state index is -2.65. The molecule has 4 atom stereocenters. The maximum Gasteiger partial charge on any atom is 0.203 e. The van der Waals surface area contributed by atoms with Crippen molar-refractivity contribution in [2.75, 3.05) is 0 Å². The van der Waals surface area contributed by atoms with Crippen molar-refractivity contribution in [2.45, 2.75) is 52.1 Å². The van der Waals surface area contributed by atoms with Gasteiger partial charge >= 0.3 is 0 Å². The van der Waals surface area contributed by atoms with E-state index in [-0.39, 0.29) is 29.2 Å². The van der Waals surface area contributed by atoms with Crippen LogP contribution in [0, 0.1) is 22.7 Å². The first-order valence-electron chi connectivity index (χ1n) is 12.1. The molecular formula is C29H30O7. The lowest BCUT2D eigenvalue weighted by atomic mass is 9.41. The van der Waals surface area contributed by atoms with Crippen molar-refractivity contribution in [3.8, 4) is 5.75 Å². The highest BCUT2D eigenvalue weighted by Crippen LogP contribution is 2.69. The Morgan fingerprint density at radius 2 is 1.78 bits per heavy atom. The van der Waals surface area contributed by atoms with E-state index in [9.17, 15) is 34.8 Å². The van der Waals surface area contributed by atoms with Gasteiger partial charge in [0, 0.05) is 17.3 Å². The summed E-state index contributed by atoms with van der Waals surface area (Å²) in [4.78, 5) is 39.7. The molecule has 0 spiro atoms. The molecule has 2 saturated carbocycles. The molecule has 0 heterocycles. The summed E-state index contributed by atoms with van der Waals surface area (Å²) in [5, 5.41) is 45.4. The normalized spacial score (nSPS) is 33.8. The number of Topliss-reactive ketones (excluding diaryl/α,β-unsaturated/α-hetero) is 3. The van der Waals surface area contributed by atoms with Gasteiger partial charge in [0.1, 0.15) is 22.8 Å². The Morgan fingerprint density at radius 3 is 2.36 bits per heavy atom. The molecule has 7 heteroatoms. The third-order valence-electron chi connectivity index (χ3n) is 9.19. The van der Waals surface area contributed by atoms with E-state index < -0.39 is 56.8 Å². The van der Waals surface area contributed by atoms with E-state index >= 15 is 0 Å². The monoisotopic (exact) mass is 490 g/mol. The molecule has 7 nitrogen and oxygen atoms in total. The first kappa shape index (κ1) is 24.3. The molecular weight excluding hydrogens is 460 g/mol. The van der Waals surface area contributed by atoms with Gasteiger partial charge in [0.2, 0.25) is 5.78 Å². The second-order valence-electron chi connectivity index (χ2n) is 11.1. The van der Waals surface area contributed by atoms with Crippen LogP contribution < -0.4 is 0 Å². The third kappa shape index (κ3) is 2.69. The summed E-state index contributed by atoms with van der Waals surface area (Å²) < 4.78 is 0. The number of rotatable bonds is 4. The van der Waals surface area contributed by atoms with E-state index in [4.69, 9.17) is 0 Å². The number of fused-ring (bicyclic) bond motifs is 3. The lowest BCUT2D eigenvalue weighted by Crippen LogP contribution is -2.69. The summed E-state index contributed by atoms with van der Waals surface area (Å²) in [6, 6.07) is 4.67. The van der Waals surface area contributed by atoms with E-state index in [1.54, 1.807) is 26.0 Å². The molecule has 0 amide bonds. The Balaban J connectivity index is 1.88. The second kappa shape index (κ2) is 7.29. The lowest BCUT2D eigenvalue weighted by Gasteiger charge is -2.62. The van der Waals surface area contributed by atoms with E-state index in [2.05, 4.69) is 13.2 Å². The van der Waals surface area contributed by atoms with Gasteiger partial charge in [-0.15, -0.1) is 0 Å². The predicted molar refractivity (Wildman–Crippen MR) is 133 cm³/mol. The Morgan fingerprint density at radius 1 is 1.14 bits per heavy atom. The first-order chi connectivity index (χ1) is 16.7. The predicted octanol–water partition coefficient (Wildman–Crippen LogP) is 4.36. The molecule has 0 bridgehead atoms. The van der Waals surface area contributed by atoms with Crippen molar-refractivity contribution in [1.29, 1.82) is 0 Å². The highest BCUT2D eigenvalue weighted by atomic mass is 16.3. The fourth-order valence-corrected chi connectivity index (χ4v) is 6.98. The van der Waals surface area contributed by atoms with Crippen molar-refractivity contribution >= 4 is 28.7 Å². The summed E-state index contributed by atoms with van der Waals surface area (Å²) in [7, 11) is 0. The Hall–Kier alpha value is -3.45. The van der Waals surface area contributed by atoms with E-state index in [0.717, 1.165) is 25.3 Å². The minimum absolute atomic E-state index is 0.0115. The maximum atomic E-state index is 14.2. The Bertz CT molecular complexity index is 1370. The van der Waals surface area contributed by atoms with Gasteiger partial charge in [-0.05, 0) is 55.2 Å². The molecule has 36 heavy (non-hydrogen) atoms. The van der Waals surface area contributed by atoms with Crippen LogP contribution in [0.2, 0.25) is 0 Å². The molecule has 4 aliphatic rings. The average Bonchev–Trinajstić information content (AvgIpc) is 3.63. The number of benzene rings is 1. The van der Waals surface area contributed by atoms with Crippen LogP contribution in [0.15, 0.2) is 53.8 Å². The Labute approximate surface area is 209 Å². The van der Waals surface area contributed by atoms with Crippen LogP contribution in [0.5, 0.6) is 5.75 Å². The van der Waals surface area contributed by atoms with Gasteiger partial charge in [-0.3, -0.25) is 14.4 Å². The molecule has 0 unspecified atom stereocenters. The van der Waals surface area contributed by atoms with Crippen LogP contribution >= 0.6 is 0 Å². The van der Waals surface area contributed by atoms with Crippen LogP contribution in [0.1, 0.15) is 57.6 Å². The zero-order chi connectivity index (χ0) is 26.5. The molecule has 4 aliphatic carbocycles. The van der Waals surface area contributed by atoms with Gasteiger partial charge in [-0.1, -0.05) is 44.7 Å². The number of aliphatic hydroxyl groups is 3. The van der Waals surface area contributed by atoms with Crippen molar-refractivity contribution in [3.05, 3.63) is 65.0 Å². The van der Waals surface area contributed by atoms with Crippen LogP contribution in [0.3, 0.4) is 0 Å². The highest BCUT2D eigenvalue weighted by molar-refractivity contribution is 6.24. The van der Waals surface area contributed by atoms with Crippen LogP contribution in [0.4, 0.5) is 0 Å². The molecule has 0 aliphatic heterocycles. The van der Waals surface area contributed by atoms with Crippen LogP contribution in [-0.2, 0) is 14.4 Å². The maximum absolute atomic E-state index is 14.2. The quantitative estimate of drug-likeness (QED) is 0.364. The Kier molecular flexibility index (Phi) is 4.91. The van der Waals surface area contributed by atoms with E-state index in [0.29, 0.717) is 17.6 Å². The van der Waals surface area contributed by atoms with Gasteiger partial charge in [0.05, 0.1) is 11.1 Å². The van der Waals surface area contributed by atoms with Crippen molar-refractivity contribution in [1.82, 2.24) is 0 Å². The smallest absolute Gasteiger partial charge is 0.203 e. The summed E-state index contributed by atoms with van der Waals surface area (Å²) in [5.41, 5.74) is -4.48. The molecule has 1 aromatic carbocycles. The topological polar surface area (TPSA) is 132 Å². The zero-order valence-corrected chi connectivity index (χ0v) is 20.6. The van der Waals surface area contributed by atoms with Crippen LogP contribution in [0.25, 0.3) is 11.3 Å². The molecule has 5 rings (SSSR count). The fraction of sp³-hybridized carbons (Fsp3) is 0.414. The summed E-state index contributed by atoms with van der Waals surface area (Å²) in [6.07, 6.45) is 1.87. The molecule has 0 aromatic heterocycles. The summed E-state index contributed by atoms with van der Waals surface area (Å²) in [5.74, 6) is -4.64. The number of phenols is 1. The van der Waals surface area contributed by atoms with Gasteiger partial charge in [0.25, 0.3) is 0 Å². The number of aromatic hydroxyl groups is 1. The molecule has 0 radical (unpaired) electrons. The number of carbonyl (C=O) groups is 3. The standard InChI is InChI=1S/C29H30O7/c1-13(16-9-10-16)11-20-27(4)12-19(32)21(15(3)30)25(34)29(27,36)26(35)23-24(33)22-17(7-6-8-18(22)31)14(2)28(20,23)5/h6-8,16,20,31,33-34,36H,1-2,9-12H2,3-5H3/t20-,27-,28+,29-/m1/s1. The number of ketones is 3. The molecule has 4 N–H and O–H groups in total. The van der Waals surface area contributed by atoms with Gasteiger partial charge in [0.15, 0.2) is 17.2 Å². The van der Waals surface area contributed by atoms with E-state index in [1.807, 2.05) is 0 Å². The first-order valence-corrected chi connectivity index (χ1v) is 12.1. The van der Waals surface area contributed by atoms with Crippen LogP contribution in [-0.4, -0.2) is 43.4 Å². The fourth-order valence-electron chi connectivity index (χ4n) is 6.98. The average molecular weight is 491 g/mol. The van der Waals surface area contributed by atoms with Crippen molar-refractivity contribution < 1.29 is 34.8 Å². The molecule has 2 fully saturated rings. The number of aliphatic hydroxyl groups excluding tert-OH is 2. The summed E-state index contributed by atoms with van der Waals surface area (Å²) >= 11 is 0. The number of phenolic OH excluding ortho intramolecular Hbond substituents is 1. The SMILES string of the molecule is C=C(C[C@H]1[C@]2(C)C(=C)c3cccc(O)c3C(O)=C2C(=O)[C@]2(O)C(O)=C(C(C)=O)C(=O)C[C@]12C)C1CC1. The van der Waals surface area contributed by atoms with Gasteiger partial charge < -0.3 is 20.4 Å². The minimum Gasteiger partial charge on any atom is -0.508 e. The number of carbonyl (C=O) groups excluding carboxylic acids is 3. The van der Waals surface area contributed by atoms with Crippen molar-refractivity contribution in [2.24, 2.45) is 22.7 Å². The van der Waals surface area contributed by atoms with Gasteiger partial charge in [-0.25, -0.2) is 0 Å². The van der Waals surface area contributed by atoms with Gasteiger partial charge in [-0.2, -0.15) is 0 Å². The lowest BCUT2D eigenvalue weighted by molar-refractivity contribution is -0.175. The summed E-state index contributed by atoms with van der Waals surface area (Å²) in [6.45, 7) is 12.9. The number of allylic oxidation sites excluding steroid dienone is 3. The second-order valence-corrected chi connectivity index (χ2v) is 11.1. The largest absolute Gasteiger partial charge is 0.508 e. The molecule has 188 valence electrons. The molecule has 0 saturated heterocycles.